The largest absolute Gasteiger partial charge is 0.329 e. The summed E-state index contributed by atoms with van der Waals surface area (Å²) in [7, 11) is 1.81. The van der Waals surface area contributed by atoms with Gasteiger partial charge in [-0.2, -0.15) is 5.10 Å². The molecule has 0 saturated carbocycles. The molecule has 0 unspecified atom stereocenters. The SMILES string of the molecule is CCCCCCc1ccc(C(=O)N(CCCC)CC(=O)Nc2cc(C(C)(C)C)nn2C)cc1. The highest BCUT2D eigenvalue weighted by Gasteiger charge is 2.22. The summed E-state index contributed by atoms with van der Waals surface area (Å²) in [6.45, 7) is 11.1. The van der Waals surface area contributed by atoms with Gasteiger partial charge in [0.05, 0.1) is 5.69 Å². The molecule has 2 amide bonds. The van der Waals surface area contributed by atoms with Gasteiger partial charge in [0.25, 0.3) is 5.91 Å². The van der Waals surface area contributed by atoms with Crippen LogP contribution in [0.25, 0.3) is 0 Å². The van der Waals surface area contributed by atoms with Crippen LogP contribution in [0.2, 0.25) is 0 Å². The standard InChI is InChI=1S/C27H42N4O2/c1-7-9-11-12-13-21-14-16-22(17-15-21)26(33)31(18-10-8-2)20-25(32)28-24-19-23(27(3,4)5)29-30(24)6/h14-17,19H,7-13,18,20H2,1-6H3,(H,28,32). The molecule has 1 aromatic carbocycles. The van der Waals surface area contributed by atoms with Gasteiger partial charge in [-0.15, -0.1) is 0 Å². The van der Waals surface area contributed by atoms with Crippen LogP contribution in [0.15, 0.2) is 30.3 Å². The molecule has 0 fully saturated rings. The fraction of sp³-hybridized carbons (Fsp3) is 0.593. The average Bonchev–Trinajstić information content (AvgIpc) is 3.14. The van der Waals surface area contributed by atoms with Gasteiger partial charge in [0, 0.05) is 30.6 Å². The molecule has 1 N–H and O–H groups in total. The minimum Gasteiger partial charge on any atom is -0.329 e. The van der Waals surface area contributed by atoms with Crippen molar-refractivity contribution in [2.75, 3.05) is 18.4 Å². The van der Waals surface area contributed by atoms with E-state index in [2.05, 4.69) is 45.0 Å². The number of unbranched alkanes of at least 4 members (excludes halogenated alkanes) is 4. The predicted molar refractivity (Wildman–Crippen MR) is 136 cm³/mol. The van der Waals surface area contributed by atoms with Crippen LogP contribution in [-0.2, 0) is 23.7 Å². The Morgan fingerprint density at radius 1 is 1.00 bits per heavy atom. The van der Waals surface area contributed by atoms with Gasteiger partial charge < -0.3 is 10.2 Å². The molecule has 0 atom stereocenters. The molecule has 2 aromatic rings. The van der Waals surface area contributed by atoms with Crippen molar-refractivity contribution in [3.63, 3.8) is 0 Å². The Labute approximate surface area is 199 Å². The molecule has 0 aliphatic heterocycles. The second kappa shape index (κ2) is 12.6. The smallest absolute Gasteiger partial charge is 0.254 e. The van der Waals surface area contributed by atoms with Crippen molar-refractivity contribution in [3.05, 3.63) is 47.2 Å². The second-order valence-electron chi connectivity index (χ2n) is 9.92. The van der Waals surface area contributed by atoms with Crippen LogP contribution in [0.5, 0.6) is 0 Å². The molecule has 1 aromatic heterocycles. The summed E-state index contributed by atoms with van der Waals surface area (Å²) in [5, 5.41) is 7.43. The van der Waals surface area contributed by atoms with Gasteiger partial charge in [-0.25, -0.2) is 0 Å². The minimum absolute atomic E-state index is 0.0215. The molecule has 2 rings (SSSR count). The Hall–Kier alpha value is -2.63. The average molecular weight is 455 g/mol. The van der Waals surface area contributed by atoms with Gasteiger partial charge in [-0.1, -0.05) is 72.4 Å². The molecular weight excluding hydrogens is 412 g/mol. The van der Waals surface area contributed by atoms with E-state index < -0.39 is 0 Å². The lowest BCUT2D eigenvalue weighted by Gasteiger charge is -2.22. The van der Waals surface area contributed by atoms with Gasteiger partial charge in [0.1, 0.15) is 12.4 Å². The monoisotopic (exact) mass is 454 g/mol. The van der Waals surface area contributed by atoms with E-state index in [0.717, 1.165) is 25.0 Å². The number of aromatic nitrogens is 2. The van der Waals surface area contributed by atoms with Crippen LogP contribution in [0.3, 0.4) is 0 Å². The van der Waals surface area contributed by atoms with E-state index in [1.807, 2.05) is 37.4 Å². The number of aryl methyl sites for hydroxylation is 2. The Morgan fingerprint density at radius 3 is 2.24 bits per heavy atom. The number of benzene rings is 1. The fourth-order valence-electron chi connectivity index (χ4n) is 3.66. The van der Waals surface area contributed by atoms with Gasteiger partial charge in [-0.3, -0.25) is 14.3 Å². The molecule has 0 aliphatic rings. The summed E-state index contributed by atoms with van der Waals surface area (Å²) < 4.78 is 1.68. The summed E-state index contributed by atoms with van der Waals surface area (Å²) in [4.78, 5) is 27.6. The van der Waals surface area contributed by atoms with E-state index in [9.17, 15) is 9.59 Å². The first-order chi connectivity index (χ1) is 15.7. The lowest BCUT2D eigenvalue weighted by molar-refractivity contribution is -0.117. The van der Waals surface area contributed by atoms with Crippen molar-refractivity contribution >= 4 is 17.6 Å². The first kappa shape index (κ1) is 26.6. The number of carbonyl (C=O) groups is 2. The van der Waals surface area contributed by atoms with Crippen molar-refractivity contribution < 1.29 is 9.59 Å². The highest BCUT2D eigenvalue weighted by molar-refractivity contribution is 5.99. The maximum Gasteiger partial charge on any atom is 0.254 e. The molecule has 33 heavy (non-hydrogen) atoms. The van der Waals surface area contributed by atoms with Gasteiger partial charge in [-0.05, 0) is 37.0 Å². The van der Waals surface area contributed by atoms with Crippen LogP contribution in [0.1, 0.15) is 94.8 Å². The lowest BCUT2D eigenvalue weighted by Crippen LogP contribution is -2.38. The summed E-state index contributed by atoms with van der Waals surface area (Å²) >= 11 is 0. The van der Waals surface area contributed by atoms with Gasteiger partial charge in [0.15, 0.2) is 0 Å². The van der Waals surface area contributed by atoms with Gasteiger partial charge in [0.2, 0.25) is 5.91 Å². The lowest BCUT2D eigenvalue weighted by atomic mass is 9.92. The maximum absolute atomic E-state index is 13.2. The van der Waals surface area contributed by atoms with E-state index in [0.29, 0.717) is 17.9 Å². The van der Waals surface area contributed by atoms with Crippen molar-refractivity contribution in [1.29, 1.82) is 0 Å². The molecule has 0 radical (unpaired) electrons. The third-order valence-electron chi connectivity index (χ3n) is 5.84. The number of carbonyl (C=O) groups excluding carboxylic acids is 2. The van der Waals surface area contributed by atoms with Crippen LogP contribution in [-0.4, -0.2) is 39.6 Å². The van der Waals surface area contributed by atoms with Crippen molar-refractivity contribution in [2.45, 2.75) is 85.0 Å². The molecule has 0 bridgehead atoms. The quantitative estimate of drug-likeness (QED) is 0.417. The van der Waals surface area contributed by atoms with Gasteiger partial charge >= 0.3 is 0 Å². The Balaban J connectivity index is 2.04. The zero-order valence-corrected chi connectivity index (χ0v) is 21.4. The molecule has 0 aliphatic carbocycles. The number of nitrogens with one attached hydrogen (secondary N) is 1. The van der Waals surface area contributed by atoms with E-state index in [-0.39, 0.29) is 23.8 Å². The first-order valence-electron chi connectivity index (χ1n) is 12.4. The fourth-order valence-corrected chi connectivity index (χ4v) is 3.66. The highest BCUT2D eigenvalue weighted by atomic mass is 16.2. The van der Waals surface area contributed by atoms with E-state index in [1.165, 1.54) is 31.2 Å². The number of nitrogens with zero attached hydrogens (tertiary/aromatic N) is 3. The predicted octanol–water partition coefficient (Wildman–Crippen LogP) is 5.72. The van der Waals surface area contributed by atoms with E-state index in [1.54, 1.807) is 9.58 Å². The normalized spacial score (nSPS) is 11.5. The van der Waals surface area contributed by atoms with Crippen LogP contribution < -0.4 is 5.32 Å². The molecule has 6 heteroatoms. The Kier molecular flexibility index (Phi) is 10.1. The van der Waals surface area contributed by atoms with Crippen LogP contribution >= 0.6 is 0 Å². The second-order valence-corrected chi connectivity index (χ2v) is 9.92. The van der Waals surface area contributed by atoms with Crippen LogP contribution in [0.4, 0.5) is 5.82 Å². The first-order valence-corrected chi connectivity index (χ1v) is 12.4. The molecular formula is C27H42N4O2. The number of amides is 2. The summed E-state index contributed by atoms with van der Waals surface area (Å²) in [5.74, 6) is 0.326. The maximum atomic E-state index is 13.2. The Morgan fingerprint density at radius 2 is 1.67 bits per heavy atom. The van der Waals surface area contributed by atoms with E-state index in [4.69, 9.17) is 0 Å². The number of hydrogen-bond acceptors (Lipinski definition) is 3. The molecule has 6 nitrogen and oxygen atoms in total. The molecule has 182 valence electrons. The summed E-state index contributed by atoms with van der Waals surface area (Å²) in [5.41, 5.74) is 2.69. The summed E-state index contributed by atoms with van der Waals surface area (Å²) in [6.07, 6.45) is 7.76. The third kappa shape index (κ3) is 8.34. The molecule has 1 heterocycles. The number of rotatable bonds is 12. The van der Waals surface area contributed by atoms with Crippen molar-refractivity contribution in [1.82, 2.24) is 14.7 Å². The summed E-state index contributed by atoms with van der Waals surface area (Å²) in [6, 6.07) is 9.77. The topological polar surface area (TPSA) is 67.2 Å². The zero-order valence-electron chi connectivity index (χ0n) is 21.4. The number of hydrogen-bond donors (Lipinski definition) is 1. The third-order valence-corrected chi connectivity index (χ3v) is 5.84. The molecule has 0 spiro atoms. The van der Waals surface area contributed by atoms with Crippen molar-refractivity contribution in [2.24, 2.45) is 7.05 Å². The number of anilines is 1. The van der Waals surface area contributed by atoms with E-state index >= 15 is 0 Å². The minimum atomic E-state index is -0.213. The van der Waals surface area contributed by atoms with Crippen LogP contribution in [0, 0.1) is 0 Å². The zero-order chi connectivity index (χ0) is 24.4. The molecule has 0 saturated heterocycles. The highest BCUT2D eigenvalue weighted by Crippen LogP contribution is 2.23. The Bertz CT molecular complexity index is 894. The van der Waals surface area contributed by atoms with Crippen molar-refractivity contribution in [3.8, 4) is 0 Å².